The molecule has 6 nitrogen and oxygen atoms in total. The fraction of sp³-hybridized carbons (Fsp3) is 0. The Morgan fingerprint density at radius 3 is 0.971 bits per heavy atom. The van der Waals surface area contributed by atoms with E-state index in [1.54, 1.807) is 6.07 Å². The largest absolute Gasteiger partial charge is 0.309 e. The third kappa shape index (κ3) is 5.14. The maximum atomic E-state index is 11.1. The Bertz CT molecular complexity index is 4460. The summed E-state index contributed by atoms with van der Waals surface area (Å²) in [7, 11) is 0. The van der Waals surface area contributed by atoms with Crippen LogP contribution >= 0.6 is 0 Å². The van der Waals surface area contributed by atoms with E-state index >= 15 is 0 Å². The number of fused-ring (bicyclic) bond motifs is 16. The maximum Gasteiger partial charge on any atom is 0.101 e. The average molecular weight is 889 g/mol. The van der Waals surface area contributed by atoms with E-state index in [9.17, 15) is 10.5 Å². The predicted octanol–water partition coefficient (Wildman–Crippen LogP) is 16.1. The first-order chi connectivity index (χ1) is 34.7. The quantitative estimate of drug-likeness (QED) is 0.177. The Morgan fingerprint density at radius 2 is 0.586 bits per heavy atom. The molecule has 0 bridgehead atoms. The van der Waals surface area contributed by atoms with Crippen LogP contribution in [0.5, 0.6) is 0 Å². The zero-order chi connectivity index (χ0) is 46.2. The molecule has 0 fully saturated rings. The fourth-order valence-electron chi connectivity index (χ4n) is 11.9. The van der Waals surface area contributed by atoms with Crippen LogP contribution in [-0.4, -0.2) is 18.3 Å². The first kappa shape index (κ1) is 38.2. The van der Waals surface area contributed by atoms with Crippen molar-refractivity contribution < 1.29 is 0 Å². The van der Waals surface area contributed by atoms with Crippen molar-refractivity contribution in [3.63, 3.8) is 0 Å². The highest BCUT2D eigenvalue weighted by Gasteiger charge is 2.24. The number of benzene rings is 11. The van der Waals surface area contributed by atoms with Crippen LogP contribution in [0.25, 0.3) is 132 Å². The number of rotatable bonds is 4. The SMILES string of the molecule is N#Cc1cc(C#N)c(-n2c3ccc(-n4c5ccccc5c5ccccc54)cc3c3c4ccccc4ccc32)cc1-n1c2ccc(-n3c4ccccc4c4ccccc43)cc2c2c3ccccc3ccc21. The minimum Gasteiger partial charge on any atom is -0.309 e. The molecule has 0 aliphatic rings. The highest BCUT2D eigenvalue weighted by atomic mass is 15.0. The van der Waals surface area contributed by atoms with Gasteiger partial charge in [0.15, 0.2) is 0 Å². The van der Waals surface area contributed by atoms with Crippen LogP contribution in [0.2, 0.25) is 0 Å². The molecule has 0 aliphatic carbocycles. The summed E-state index contributed by atoms with van der Waals surface area (Å²) in [6.45, 7) is 0. The fourth-order valence-corrected chi connectivity index (χ4v) is 11.9. The lowest BCUT2D eigenvalue weighted by atomic mass is 10.0. The second kappa shape index (κ2) is 14.3. The normalized spacial score (nSPS) is 12.0. The van der Waals surface area contributed by atoms with Crippen molar-refractivity contribution >= 4 is 109 Å². The van der Waals surface area contributed by atoms with E-state index in [2.05, 4.69) is 243 Å². The number of hydrogen-bond acceptors (Lipinski definition) is 2. The van der Waals surface area contributed by atoms with Crippen LogP contribution in [0.1, 0.15) is 11.1 Å². The summed E-state index contributed by atoms with van der Waals surface area (Å²) in [4.78, 5) is 0. The second-order valence-corrected chi connectivity index (χ2v) is 18.3. The van der Waals surface area contributed by atoms with Gasteiger partial charge in [0.05, 0.1) is 66.6 Å². The highest BCUT2D eigenvalue weighted by Crippen LogP contribution is 2.44. The number of nitrogens with zero attached hydrogens (tertiary/aromatic N) is 6. The van der Waals surface area contributed by atoms with Crippen LogP contribution in [0.15, 0.2) is 218 Å². The summed E-state index contributed by atoms with van der Waals surface area (Å²) < 4.78 is 9.19. The van der Waals surface area contributed by atoms with Crippen molar-refractivity contribution in [3.8, 4) is 34.9 Å². The molecule has 4 aromatic heterocycles. The summed E-state index contributed by atoms with van der Waals surface area (Å²) >= 11 is 0. The Balaban J connectivity index is 1.03. The van der Waals surface area contributed by atoms with Gasteiger partial charge in [0.1, 0.15) is 12.1 Å². The van der Waals surface area contributed by atoms with Gasteiger partial charge in [-0.3, -0.25) is 0 Å². The van der Waals surface area contributed by atoms with Gasteiger partial charge in [-0.1, -0.05) is 133 Å². The van der Waals surface area contributed by atoms with Crippen LogP contribution in [0, 0.1) is 22.7 Å². The van der Waals surface area contributed by atoms with Gasteiger partial charge >= 0.3 is 0 Å². The molecule has 0 radical (unpaired) electrons. The Kier molecular flexibility index (Phi) is 7.82. The number of hydrogen-bond donors (Lipinski definition) is 0. The molecule has 0 saturated carbocycles. The topological polar surface area (TPSA) is 67.3 Å². The first-order valence-corrected chi connectivity index (χ1v) is 23.5. The lowest BCUT2D eigenvalue weighted by molar-refractivity contribution is 1.11. The van der Waals surface area contributed by atoms with E-state index in [1.807, 2.05) is 0 Å². The van der Waals surface area contributed by atoms with Crippen molar-refractivity contribution in [3.05, 3.63) is 230 Å². The summed E-state index contributed by atoms with van der Waals surface area (Å²) in [5.41, 5.74) is 12.8. The summed E-state index contributed by atoms with van der Waals surface area (Å²) in [5, 5.41) is 35.9. The van der Waals surface area contributed by atoms with E-state index in [-0.39, 0.29) is 0 Å². The van der Waals surface area contributed by atoms with E-state index in [0.29, 0.717) is 22.5 Å². The number of nitriles is 2. The van der Waals surface area contributed by atoms with Crippen LogP contribution in [0.3, 0.4) is 0 Å². The van der Waals surface area contributed by atoms with Crippen molar-refractivity contribution in [2.24, 2.45) is 0 Å². The van der Waals surface area contributed by atoms with E-state index in [0.717, 1.165) is 98.6 Å². The summed E-state index contributed by atoms with van der Waals surface area (Å²) in [6, 6.07) is 82.5. The molecule has 4 heterocycles. The molecule has 0 amide bonds. The molecular formula is C64H36N6. The van der Waals surface area contributed by atoms with Crippen LogP contribution in [0.4, 0.5) is 0 Å². The third-order valence-corrected chi connectivity index (χ3v) is 14.8. The van der Waals surface area contributed by atoms with Crippen molar-refractivity contribution in [1.29, 1.82) is 10.5 Å². The van der Waals surface area contributed by atoms with E-state index in [1.165, 1.54) is 21.5 Å². The zero-order valence-electron chi connectivity index (χ0n) is 37.5. The van der Waals surface area contributed by atoms with Gasteiger partial charge < -0.3 is 18.3 Å². The van der Waals surface area contributed by atoms with Gasteiger partial charge in [-0.15, -0.1) is 0 Å². The molecule has 322 valence electrons. The van der Waals surface area contributed by atoms with E-state index < -0.39 is 0 Å². The maximum absolute atomic E-state index is 11.1. The Morgan fingerprint density at radius 1 is 0.257 bits per heavy atom. The van der Waals surface area contributed by atoms with Crippen molar-refractivity contribution in [1.82, 2.24) is 18.3 Å². The van der Waals surface area contributed by atoms with Gasteiger partial charge in [0.2, 0.25) is 0 Å². The molecule has 0 aliphatic heterocycles. The average Bonchev–Trinajstić information content (AvgIpc) is 4.15. The molecule has 15 rings (SSSR count). The van der Waals surface area contributed by atoms with Crippen molar-refractivity contribution in [2.75, 3.05) is 0 Å². The lowest BCUT2D eigenvalue weighted by Gasteiger charge is -2.16. The summed E-state index contributed by atoms with van der Waals surface area (Å²) in [5.74, 6) is 0. The molecule has 6 heteroatoms. The minimum atomic E-state index is 0.415. The standard InChI is InChI=1S/C64H36N6/c65-37-41-33-42(38-66)62(70-58-32-28-44(35-52(58)64-46-16-4-2-14-40(46)26-30-60(64)70)68-55-23-11-7-19-49(55)50-20-8-12-24-56(50)68)36-61(41)69-57-31-27-43(34-51(57)63-45-15-3-1-13-39(45)25-29-59(63)69)67-53-21-9-5-17-47(53)48-18-6-10-22-54(48)67/h1-36H. The molecular weight excluding hydrogens is 853 g/mol. The van der Waals surface area contributed by atoms with Gasteiger partial charge in [-0.05, 0) is 106 Å². The molecule has 70 heavy (non-hydrogen) atoms. The van der Waals surface area contributed by atoms with Gasteiger partial charge in [0, 0.05) is 54.5 Å². The monoisotopic (exact) mass is 888 g/mol. The molecule has 15 aromatic rings. The number of para-hydroxylation sites is 4. The van der Waals surface area contributed by atoms with Gasteiger partial charge in [-0.2, -0.15) is 10.5 Å². The molecule has 0 spiro atoms. The predicted molar refractivity (Wildman–Crippen MR) is 288 cm³/mol. The zero-order valence-corrected chi connectivity index (χ0v) is 37.5. The van der Waals surface area contributed by atoms with Gasteiger partial charge in [0.25, 0.3) is 0 Å². The minimum absolute atomic E-state index is 0.415. The third-order valence-electron chi connectivity index (χ3n) is 14.8. The number of aromatic nitrogens is 4. The summed E-state index contributed by atoms with van der Waals surface area (Å²) in [6.07, 6.45) is 0. The van der Waals surface area contributed by atoms with Crippen molar-refractivity contribution in [2.45, 2.75) is 0 Å². The van der Waals surface area contributed by atoms with Crippen LogP contribution in [-0.2, 0) is 0 Å². The highest BCUT2D eigenvalue weighted by molar-refractivity contribution is 6.24. The molecule has 0 N–H and O–H groups in total. The second-order valence-electron chi connectivity index (χ2n) is 18.3. The van der Waals surface area contributed by atoms with Gasteiger partial charge in [-0.25, -0.2) is 0 Å². The molecule has 0 saturated heterocycles. The molecule has 11 aromatic carbocycles. The van der Waals surface area contributed by atoms with E-state index in [4.69, 9.17) is 0 Å². The molecule has 0 unspecified atom stereocenters. The smallest absolute Gasteiger partial charge is 0.101 e. The first-order valence-electron chi connectivity index (χ1n) is 23.5. The Labute approximate surface area is 400 Å². The molecule has 0 atom stereocenters. The van der Waals surface area contributed by atoms with Crippen LogP contribution < -0.4 is 0 Å². The lowest BCUT2D eigenvalue weighted by Crippen LogP contribution is -2.04. The Hall–Kier alpha value is -9.88.